The number of carbonyl (C=O) groups excluding carboxylic acids is 2. The van der Waals surface area contributed by atoms with Crippen LogP contribution in [-0.4, -0.2) is 59.6 Å². The lowest BCUT2D eigenvalue weighted by atomic mass is 10.0. The van der Waals surface area contributed by atoms with Gasteiger partial charge in [-0.05, 0) is 44.0 Å². The number of fused-ring (bicyclic) bond motifs is 1. The van der Waals surface area contributed by atoms with E-state index in [0.717, 1.165) is 24.9 Å². The molecular formula is C19H25ClFN3O2S. The first kappa shape index (κ1) is 20.4. The van der Waals surface area contributed by atoms with E-state index in [2.05, 4.69) is 5.32 Å². The van der Waals surface area contributed by atoms with Gasteiger partial charge in [-0.25, -0.2) is 4.39 Å². The van der Waals surface area contributed by atoms with Crippen LogP contribution in [0.15, 0.2) is 24.3 Å². The smallest absolute Gasteiger partial charge is 0.246 e. The van der Waals surface area contributed by atoms with Gasteiger partial charge in [0.1, 0.15) is 16.7 Å². The minimum atomic E-state index is -0.524. The number of benzene rings is 1. The maximum Gasteiger partial charge on any atom is 0.246 e. The van der Waals surface area contributed by atoms with Gasteiger partial charge in [0.15, 0.2) is 0 Å². The Morgan fingerprint density at radius 1 is 1.33 bits per heavy atom. The highest BCUT2D eigenvalue weighted by atomic mass is 35.5. The molecule has 4 rings (SSSR count). The number of likely N-dealkylation sites (N-methyl/N-ethyl adjacent to an activating group) is 1. The Bertz CT molecular complexity index is 719. The molecule has 148 valence electrons. The summed E-state index contributed by atoms with van der Waals surface area (Å²) in [6.45, 7) is 1.45. The van der Waals surface area contributed by atoms with E-state index in [1.54, 1.807) is 28.8 Å². The molecule has 3 heterocycles. The Kier molecular flexibility index (Phi) is 6.03. The van der Waals surface area contributed by atoms with Gasteiger partial charge in [0.25, 0.3) is 0 Å². The van der Waals surface area contributed by atoms with E-state index in [-0.39, 0.29) is 30.0 Å². The van der Waals surface area contributed by atoms with E-state index in [1.807, 2.05) is 11.9 Å². The number of amides is 2. The van der Waals surface area contributed by atoms with Crippen molar-refractivity contribution in [2.75, 3.05) is 25.9 Å². The number of hydrogen-bond acceptors (Lipinski definition) is 4. The third-order valence-electron chi connectivity index (χ3n) is 5.85. The first-order valence-corrected chi connectivity index (χ1v) is 10.2. The fourth-order valence-corrected chi connectivity index (χ4v) is 6.10. The van der Waals surface area contributed by atoms with Crippen molar-refractivity contribution in [1.82, 2.24) is 15.1 Å². The molecule has 0 bridgehead atoms. The van der Waals surface area contributed by atoms with Gasteiger partial charge in [-0.1, -0.05) is 12.1 Å². The number of halogens is 2. The van der Waals surface area contributed by atoms with Crippen molar-refractivity contribution in [2.24, 2.45) is 0 Å². The molecule has 1 aromatic carbocycles. The summed E-state index contributed by atoms with van der Waals surface area (Å²) >= 11 is 1.65. The minimum Gasteiger partial charge on any atom is -0.339 e. The summed E-state index contributed by atoms with van der Waals surface area (Å²) in [5, 5.41) is 3.26. The molecule has 0 aliphatic carbocycles. The van der Waals surface area contributed by atoms with Gasteiger partial charge in [0, 0.05) is 31.3 Å². The highest BCUT2D eigenvalue weighted by molar-refractivity contribution is 8.00. The first-order chi connectivity index (χ1) is 12.5. The Labute approximate surface area is 169 Å². The number of nitrogens with one attached hydrogen (secondary N) is 1. The van der Waals surface area contributed by atoms with E-state index in [4.69, 9.17) is 0 Å². The number of thioether (sulfide) groups is 1. The monoisotopic (exact) mass is 413 g/mol. The largest absolute Gasteiger partial charge is 0.339 e. The molecule has 3 aliphatic rings. The van der Waals surface area contributed by atoms with Gasteiger partial charge in [0.05, 0.1) is 0 Å². The lowest BCUT2D eigenvalue weighted by Gasteiger charge is -2.38. The van der Waals surface area contributed by atoms with Crippen LogP contribution in [0, 0.1) is 5.82 Å². The van der Waals surface area contributed by atoms with Crippen LogP contribution in [0.25, 0.3) is 0 Å². The molecule has 5 nitrogen and oxygen atoms in total. The van der Waals surface area contributed by atoms with Crippen molar-refractivity contribution >= 4 is 36.0 Å². The third kappa shape index (κ3) is 3.45. The number of nitrogens with zero attached hydrogens (tertiary/aromatic N) is 2. The molecule has 1 N–H and O–H groups in total. The van der Waals surface area contributed by atoms with Crippen LogP contribution in [0.3, 0.4) is 0 Å². The van der Waals surface area contributed by atoms with E-state index in [0.29, 0.717) is 31.2 Å². The van der Waals surface area contributed by atoms with Crippen LogP contribution in [0.1, 0.15) is 31.2 Å². The number of carbonyl (C=O) groups is 2. The zero-order chi connectivity index (χ0) is 18.3. The normalized spacial score (nSPS) is 30.2. The first-order valence-electron chi connectivity index (χ1n) is 9.23. The fraction of sp³-hybridized carbons (Fsp3) is 0.579. The minimum absolute atomic E-state index is 0. The number of hydrogen-bond donors (Lipinski definition) is 1. The summed E-state index contributed by atoms with van der Waals surface area (Å²) in [6.07, 6.45) is 3.16. The van der Waals surface area contributed by atoms with Gasteiger partial charge >= 0.3 is 0 Å². The third-order valence-corrected chi connectivity index (χ3v) is 7.45. The van der Waals surface area contributed by atoms with E-state index >= 15 is 0 Å². The van der Waals surface area contributed by atoms with Crippen molar-refractivity contribution < 1.29 is 14.0 Å². The molecule has 27 heavy (non-hydrogen) atoms. The summed E-state index contributed by atoms with van der Waals surface area (Å²) in [4.78, 5) is 29.1. The van der Waals surface area contributed by atoms with E-state index in [1.165, 1.54) is 12.1 Å². The van der Waals surface area contributed by atoms with Crippen molar-refractivity contribution in [3.8, 4) is 0 Å². The van der Waals surface area contributed by atoms with E-state index in [9.17, 15) is 14.0 Å². The zero-order valence-electron chi connectivity index (χ0n) is 15.3. The number of likely N-dealkylation sites (tertiary alicyclic amines) is 1. The standard InChI is InChI=1S/C19H24FN3O2S.ClH/c1-21-15-3-2-10-22(11-15)18(25)16-12-26-19(9-8-17(24)23(16)19)13-4-6-14(20)7-5-13;/h4-7,15-16,21H,2-3,8-12H2,1H3;1H. The molecule has 3 unspecified atom stereocenters. The van der Waals surface area contributed by atoms with Crippen LogP contribution in [-0.2, 0) is 14.5 Å². The second-order valence-corrected chi connectivity index (χ2v) is 8.59. The van der Waals surface area contributed by atoms with Crippen molar-refractivity contribution in [1.29, 1.82) is 0 Å². The molecule has 0 saturated carbocycles. The van der Waals surface area contributed by atoms with Gasteiger partial charge in [-0.15, -0.1) is 24.2 Å². The average Bonchev–Trinajstić information content (AvgIpc) is 3.21. The van der Waals surface area contributed by atoms with Crippen molar-refractivity contribution in [3.05, 3.63) is 35.6 Å². The molecule has 3 saturated heterocycles. The summed E-state index contributed by atoms with van der Waals surface area (Å²) < 4.78 is 13.4. The van der Waals surface area contributed by atoms with Crippen molar-refractivity contribution in [2.45, 2.75) is 42.6 Å². The molecule has 1 aromatic rings. The average molecular weight is 414 g/mol. The fourth-order valence-electron chi connectivity index (χ4n) is 4.46. The lowest BCUT2D eigenvalue weighted by molar-refractivity contribution is -0.145. The Balaban J connectivity index is 0.00000210. The molecule has 3 fully saturated rings. The van der Waals surface area contributed by atoms with Crippen LogP contribution in [0.4, 0.5) is 4.39 Å². The lowest BCUT2D eigenvalue weighted by Crippen LogP contribution is -2.55. The van der Waals surface area contributed by atoms with Crippen LogP contribution >= 0.6 is 24.2 Å². The molecule has 0 spiro atoms. The van der Waals surface area contributed by atoms with E-state index < -0.39 is 10.9 Å². The van der Waals surface area contributed by atoms with Gasteiger partial charge in [-0.2, -0.15) is 0 Å². The summed E-state index contributed by atoms with van der Waals surface area (Å²) in [5.41, 5.74) is 0.914. The molecule has 2 amide bonds. The maximum atomic E-state index is 13.4. The molecule has 8 heteroatoms. The molecular weight excluding hydrogens is 389 g/mol. The van der Waals surface area contributed by atoms with Gasteiger partial charge in [0.2, 0.25) is 11.8 Å². The highest BCUT2D eigenvalue weighted by Crippen LogP contribution is 2.54. The molecule has 0 radical (unpaired) electrons. The molecule has 3 atom stereocenters. The Morgan fingerprint density at radius 3 is 2.78 bits per heavy atom. The number of rotatable bonds is 3. The van der Waals surface area contributed by atoms with Gasteiger partial charge < -0.3 is 15.1 Å². The van der Waals surface area contributed by atoms with Crippen LogP contribution in [0.2, 0.25) is 0 Å². The zero-order valence-corrected chi connectivity index (χ0v) is 17.0. The predicted molar refractivity (Wildman–Crippen MR) is 106 cm³/mol. The van der Waals surface area contributed by atoms with Crippen LogP contribution in [0.5, 0.6) is 0 Å². The highest BCUT2D eigenvalue weighted by Gasteiger charge is 2.57. The summed E-state index contributed by atoms with van der Waals surface area (Å²) in [7, 11) is 1.92. The molecule has 0 aromatic heterocycles. The predicted octanol–water partition coefficient (Wildman–Crippen LogP) is 2.35. The quantitative estimate of drug-likeness (QED) is 0.826. The van der Waals surface area contributed by atoms with Crippen LogP contribution < -0.4 is 5.32 Å². The SMILES string of the molecule is CNC1CCCN(C(=O)C2CSC3(c4ccc(F)cc4)CCC(=O)N23)C1.Cl. The molecule has 3 aliphatic heterocycles. The topological polar surface area (TPSA) is 52.7 Å². The van der Waals surface area contributed by atoms with Crippen molar-refractivity contribution in [3.63, 3.8) is 0 Å². The Hall–Kier alpha value is -1.31. The number of piperidine rings is 1. The summed E-state index contributed by atoms with van der Waals surface area (Å²) in [6, 6.07) is 6.26. The summed E-state index contributed by atoms with van der Waals surface area (Å²) in [5.74, 6) is 0.391. The second kappa shape index (κ2) is 7.97. The maximum absolute atomic E-state index is 13.4. The van der Waals surface area contributed by atoms with Gasteiger partial charge in [-0.3, -0.25) is 9.59 Å². The second-order valence-electron chi connectivity index (χ2n) is 7.29. The Morgan fingerprint density at radius 2 is 2.07 bits per heavy atom.